The van der Waals surface area contributed by atoms with E-state index in [0.29, 0.717) is 39.1 Å². The van der Waals surface area contributed by atoms with Crippen LogP contribution in [0.1, 0.15) is 69.9 Å². The van der Waals surface area contributed by atoms with Crippen molar-refractivity contribution < 1.29 is 5.76 Å². The second kappa shape index (κ2) is 9.50. The summed E-state index contributed by atoms with van der Waals surface area (Å²) in [4.78, 5) is 4.57. The Hall–Kier alpha value is -3.54. The van der Waals surface area contributed by atoms with Crippen LogP contribution in [0.15, 0.2) is 54.5 Å². The van der Waals surface area contributed by atoms with Crippen LogP contribution in [0.5, 0.6) is 0 Å². The monoisotopic (exact) mass is 570 g/mol. The Bertz CT molecular complexity index is 1610. The Morgan fingerprint density at radius 2 is 1.83 bits per heavy atom. The molecule has 0 unspecified atom stereocenters. The van der Waals surface area contributed by atoms with E-state index in [9.17, 15) is 11.0 Å². The third kappa shape index (κ3) is 4.56. The van der Waals surface area contributed by atoms with Crippen LogP contribution in [-0.4, -0.2) is 21.6 Å². The first-order valence-electron chi connectivity index (χ1n) is 15.2. The van der Waals surface area contributed by atoms with Crippen LogP contribution in [0.25, 0.3) is 10.9 Å². The van der Waals surface area contributed by atoms with Gasteiger partial charge in [0.15, 0.2) is 0 Å². The number of rotatable bonds is 7. The van der Waals surface area contributed by atoms with Gasteiger partial charge in [0, 0.05) is 35.1 Å². The average molecular weight is 571 g/mol. The maximum atomic E-state index is 13.9. The van der Waals surface area contributed by atoms with E-state index in [1.807, 2.05) is 17.3 Å². The molecule has 5 saturated carbocycles. The second-order valence-electron chi connectivity index (χ2n) is 12.8. The molecule has 1 aromatic heterocycles. The molecule has 210 valence electrons. The number of hydrogen-bond acceptors (Lipinski definition) is 7. The summed E-state index contributed by atoms with van der Waals surface area (Å²) in [6.45, 7) is 0. The molecule has 0 amide bonds. The van der Waals surface area contributed by atoms with Crippen LogP contribution in [0.4, 0.5) is 15.8 Å². The van der Waals surface area contributed by atoms with E-state index in [4.69, 9.17) is 11.6 Å². The molecule has 3 aromatic rings. The SMILES string of the molecule is [2H][C@](Nc1cc(Cl)c2ncc(C#N)c(NC34CC5CC(CC(C5)C3)C4)c2c1)(C1=CN(C2CC2)NN1)c1ccc(F)cc1. The van der Waals surface area contributed by atoms with Gasteiger partial charge in [-0.3, -0.25) is 9.99 Å². The first-order chi connectivity index (χ1) is 20.3. The van der Waals surface area contributed by atoms with Crippen LogP contribution in [0, 0.1) is 34.9 Å². The highest BCUT2D eigenvalue weighted by Crippen LogP contribution is 2.57. The third-order valence-corrected chi connectivity index (χ3v) is 9.96. The number of nitriles is 1. The summed E-state index contributed by atoms with van der Waals surface area (Å²) in [7, 11) is 0. The van der Waals surface area contributed by atoms with Gasteiger partial charge in [-0.1, -0.05) is 23.7 Å². The van der Waals surface area contributed by atoms with Gasteiger partial charge in [-0.15, -0.1) is 5.53 Å². The fourth-order valence-corrected chi connectivity index (χ4v) is 8.41. The molecular weight excluding hydrogens is 537 g/mol. The molecule has 0 radical (unpaired) electrons. The summed E-state index contributed by atoms with van der Waals surface area (Å²) in [5.74, 6) is 1.88. The van der Waals surface area contributed by atoms with E-state index in [2.05, 4.69) is 32.6 Å². The molecule has 0 saturated heterocycles. The first kappa shape index (κ1) is 24.1. The summed E-state index contributed by atoms with van der Waals surface area (Å²) in [6, 6.07) is 10.9. The molecule has 5 fully saturated rings. The Morgan fingerprint density at radius 3 is 2.49 bits per heavy atom. The van der Waals surface area contributed by atoms with E-state index in [1.165, 1.54) is 31.4 Å². The lowest BCUT2D eigenvalue weighted by molar-refractivity contribution is 0.0107. The molecule has 9 heteroatoms. The summed E-state index contributed by atoms with van der Waals surface area (Å²) in [6.07, 6.45) is 13.1. The minimum Gasteiger partial charge on any atom is -0.378 e. The summed E-state index contributed by atoms with van der Waals surface area (Å²) in [5.41, 5.74) is 9.92. The summed E-state index contributed by atoms with van der Waals surface area (Å²) in [5, 5.41) is 20.6. The minimum absolute atomic E-state index is 0.0195. The fourth-order valence-electron chi connectivity index (χ4n) is 8.14. The van der Waals surface area contributed by atoms with Crippen LogP contribution in [0.2, 0.25) is 5.02 Å². The molecule has 1 atom stereocenters. The summed E-state index contributed by atoms with van der Waals surface area (Å²) >= 11 is 6.86. The van der Waals surface area contributed by atoms with Crippen LogP contribution >= 0.6 is 11.6 Å². The van der Waals surface area contributed by atoms with Crippen molar-refractivity contribution in [1.82, 2.24) is 21.0 Å². The molecule has 41 heavy (non-hydrogen) atoms. The highest BCUT2D eigenvalue weighted by atomic mass is 35.5. The number of halogens is 2. The van der Waals surface area contributed by atoms with Gasteiger partial charge in [0.25, 0.3) is 0 Å². The lowest BCUT2D eigenvalue weighted by Crippen LogP contribution is -2.54. The highest BCUT2D eigenvalue weighted by molar-refractivity contribution is 6.35. The van der Waals surface area contributed by atoms with Gasteiger partial charge in [-0.25, -0.2) is 4.39 Å². The van der Waals surface area contributed by atoms with Gasteiger partial charge in [-0.2, -0.15) is 5.26 Å². The number of benzene rings is 2. The summed E-state index contributed by atoms with van der Waals surface area (Å²) < 4.78 is 23.6. The molecule has 0 spiro atoms. The highest BCUT2D eigenvalue weighted by Gasteiger charge is 2.51. The zero-order valence-electron chi connectivity index (χ0n) is 23.7. The van der Waals surface area contributed by atoms with Crippen molar-refractivity contribution in [3.63, 3.8) is 0 Å². The van der Waals surface area contributed by atoms with E-state index in [-0.39, 0.29) is 11.4 Å². The van der Waals surface area contributed by atoms with Gasteiger partial charge >= 0.3 is 0 Å². The Kier molecular flexibility index (Phi) is 5.58. The van der Waals surface area contributed by atoms with Crippen LogP contribution < -0.4 is 21.6 Å². The third-order valence-electron chi connectivity index (χ3n) is 9.67. The standard InChI is InChI=1S/C32H33ClFN7/c33-27-11-24(37-30(21-1-3-23(34)4-2-21)28-17-41(40-39-28)25-5-6-25)10-26-29(22(15-35)16-36-31(26)27)38-32-12-18-7-19(13-32)9-20(8-18)14-32/h1-4,10-11,16-20,25,30,37,39-40H,5-9,12-14H2,(H,36,38)/t18?,19?,20?,30-,32?/m1/s1/i30D. The predicted octanol–water partition coefficient (Wildman–Crippen LogP) is 6.76. The van der Waals surface area contributed by atoms with Crippen LogP contribution in [0.3, 0.4) is 0 Å². The van der Waals surface area contributed by atoms with Crippen molar-refractivity contribution in [2.24, 2.45) is 17.8 Å². The number of fused-ring (bicyclic) bond motifs is 1. The molecule has 7 nitrogen and oxygen atoms in total. The molecule has 6 aliphatic rings. The number of pyridine rings is 1. The average Bonchev–Trinajstić information content (AvgIpc) is 3.68. The van der Waals surface area contributed by atoms with E-state index in [0.717, 1.165) is 60.9 Å². The smallest absolute Gasteiger partial charge is 0.123 e. The van der Waals surface area contributed by atoms with Crippen LogP contribution in [-0.2, 0) is 0 Å². The lowest BCUT2D eigenvalue weighted by atomic mass is 9.53. The van der Waals surface area contributed by atoms with Gasteiger partial charge in [0.05, 0.1) is 34.9 Å². The maximum absolute atomic E-state index is 13.9. The van der Waals surface area contributed by atoms with Crippen molar-refractivity contribution in [2.45, 2.75) is 69.0 Å². The predicted molar refractivity (Wildman–Crippen MR) is 158 cm³/mol. The Balaban J connectivity index is 1.21. The van der Waals surface area contributed by atoms with E-state index >= 15 is 0 Å². The van der Waals surface area contributed by atoms with Gasteiger partial charge in [0.1, 0.15) is 11.9 Å². The van der Waals surface area contributed by atoms with E-state index in [1.54, 1.807) is 24.4 Å². The molecule has 2 heterocycles. The van der Waals surface area contributed by atoms with Crippen molar-refractivity contribution in [1.29, 1.82) is 5.26 Å². The Labute approximate surface area is 245 Å². The number of hydrazine groups is 2. The molecule has 5 aliphatic carbocycles. The van der Waals surface area contributed by atoms with Crippen molar-refractivity contribution in [2.75, 3.05) is 10.6 Å². The number of aromatic nitrogens is 1. The zero-order chi connectivity index (χ0) is 28.6. The number of anilines is 2. The molecule has 4 bridgehead atoms. The minimum atomic E-state index is -1.49. The normalized spacial score (nSPS) is 29.9. The molecule has 4 N–H and O–H groups in total. The van der Waals surface area contributed by atoms with Crippen molar-refractivity contribution in [3.05, 3.63) is 76.5 Å². The largest absolute Gasteiger partial charge is 0.378 e. The van der Waals surface area contributed by atoms with Gasteiger partial charge < -0.3 is 16.1 Å². The first-order valence-corrected chi connectivity index (χ1v) is 15.1. The van der Waals surface area contributed by atoms with Gasteiger partial charge in [0.2, 0.25) is 0 Å². The molecule has 2 aromatic carbocycles. The Morgan fingerprint density at radius 1 is 1.12 bits per heavy atom. The second-order valence-corrected chi connectivity index (χ2v) is 13.2. The number of nitrogens with one attached hydrogen (secondary N) is 4. The number of nitrogens with zero attached hydrogens (tertiary/aromatic N) is 3. The zero-order valence-corrected chi connectivity index (χ0v) is 23.4. The van der Waals surface area contributed by atoms with E-state index < -0.39 is 6.02 Å². The molecule has 9 rings (SSSR count). The maximum Gasteiger partial charge on any atom is 0.123 e. The topological polar surface area (TPSA) is 88.0 Å². The molecule has 1 aliphatic heterocycles. The molecular formula is C32H33ClFN7. The van der Waals surface area contributed by atoms with Crippen molar-refractivity contribution in [3.8, 4) is 6.07 Å². The lowest BCUT2D eigenvalue weighted by Gasteiger charge is -2.57. The number of hydrogen-bond donors (Lipinski definition) is 4. The fraction of sp³-hybridized carbons (Fsp3) is 0.438. The van der Waals surface area contributed by atoms with Crippen molar-refractivity contribution >= 4 is 33.9 Å². The quantitative estimate of drug-likeness (QED) is 0.249. The van der Waals surface area contributed by atoms with Gasteiger partial charge in [-0.05, 0) is 98.9 Å².